The maximum Gasteiger partial charge on any atom is 0.119 e. The first-order valence-corrected chi connectivity index (χ1v) is 7.35. The van der Waals surface area contributed by atoms with E-state index < -0.39 is 0 Å². The molecule has 2 rings (SSSR count). The summed E-state index contributed by atoms with van der Waals surface area (Å²) in [6, 6.07) is 6.58. The van der Waals surface area contributed by atoms with Crippen LogP contribution in [0.5, 0.6) is 0 Å². The number of hydrogen-bond acceptors (Lipinski definition) is 4. The summed E-state index contributed by atoms with van der Waals surface area (Å²) in [6.45, 7) is 6.32. The lowest BCUT2D eigenvalue weighted by Gasteiger charge is -2.08. The molecule has 100 valence electrons. The van der Waals surface area contributed by atoms with Crippen LogP contribution in [0.15, 0.2) is 46.7 Å². The highest BCUT2D eigenvalue weighted by atomic mass is 32.2. The standard InChI is InChI=1S/C15H19N3S/c1-3-6-16-10-13-4-5-14(12(2)9-13)19-15-11-17-7-8-18-15/h4-5,7-9,11,16H,3,6,10H2,1-2H3. The van der Waals surface area contributed by atoms with E-state index in [2.05, 4.69) is 47.3 Å². The third kappa shape index (κ3) is 4.33. The molecule has 1 heterocycles. The Hall–Kier alpha value is -1.39. The predicted molar refractivity (Wildman–Crippen MR) is 79.3 cm³/mol. The van der Waals surface area contributed by atoms with E-state index in [0.29, 0.717) is 0 Å². The summed E-state index contributed by atoms with van der Waals surface area (Å²) >= 11 is 1.66. The van der Waals surface area contributed by atoms with E-state index in [1.54, 1.807) is 30.4 Å². The second-order valence-corrected chi connectivity index (χ2v) is 5.48. The molecular formula is C15H19N3S. The number of hydrogen-bond donors (Lipinski definition) is 1. The van der Waals surface area contributed by atoms with Gasteiger partial charge in [0.15, 0.2) is 0 Å². The highest BCUT2D eigenvalue weighted by Gasteiger charge is 2.03. The van der Waals surface area contributed by atoms with Crippen LogP contribution >= 0.6 is 11.8 Å². The van der Waals surface area contributed by atoms with Crippen LogP contribution < -0.4 is 5.32 Å². The van der Waals surface area contributed by atoms with Crippen LogP contribution in [0.25, 0.3) is 0 Å². The molecule has 1 aromatic carbocycles. The molecule has 1 N–H and O–H groups in total. The number of nitrogens with one attached hydrogen (secondary N) is 1. The molecule has 1 aromatic heterocycles. The van der Waals surface area contributed by atoms with Gasteiger partial charge in [0.2, 0.25) is 0 Å². The summed E-state index contributed by atoms with van der Waals surface area (Å²) in [7, 11) is 0. The Labute approximate surface area is 118 Å². The van der Waals surface area contributed by atoms with Crippen LogP contribution in [0.1, 0.15) is 24.5 Å². The van der Waals surface area contributed by atoms with Gasteiger partial charge in [-0.25, -0.2) is 4.98 Å². The van der Waals surface area contributed by atoms with Crippen molar-refractivity contribution in [2.45, 2.75) is 36.7 Å². The zero-order valence-corrected chi connectivity index (χ0v) is 12.2. The molecule has 0 aliphatic heterocycles. The van der Waals surface area contributed by atoms with Gasteiger partial charge >= 0.3 is 0 Å². The Kier molecular flexibility index (Phi) is 5.36. The molecule has 0 saturated heterocycles. The van der Waals surface area contributed by atoms with Crippen molar-refractivity contribution < 1.29 is 0 Å². The monoisotopic (exact) mass is 273 g/mol. The van der Waals surface area contributed by atoms with Crippen LogP contribution in [-0.2, 0) is 6.54 Å². The summed E-state index contributed by atoms with van der Waals surface area (Å²) in [5, 5.41) is 4.35. The Balaban J connectivity index is 2.03. The lowest BCUT2D eigenvalue weighted by atomic mass is 10.1. The van der Waals surface area contributed by atoms with E-state index in [4.69, 9.17) is 0 Å². The molecule has 0 radical (unpaired) electrons. The van der Waals surface area contributed by atoms with Crippen molar-refractivity contribution in [3.63, 3.8) is 0 Å². The van der Waals surface area contributed by atoms with Crippen LogP contribution in [0.2, 0.25) is 0 Å². The maximum atomic E-state index is 4.29. The lowest BCUT2D eigenvalue weighted by Crippen LogP contribution is -2.13. The number of benzene rings is 1. The van der Waals surface area contributed by atoms with Crippen molar-refractivity contribution in [3.05, 3.63) is 47.9 Å². The molecule has 3 nitrogen and oxygen atoms in total. The van der Waals surface area contributed by atoms with Crippen LogP contribution in [0, 0.1) is 6.92 Å². The molecule has 0 spiro atoms. The number of aryl methyl sites for hydroxylation is 1. The fourth-order valence-corrected chi connectivity index (χ4v) is 2.60. The minimum Gasteiger partial charge on any atom is -0.313 e. The summed E-state index contributed by atoms with van der Waals surface area (Å²) in [4.78, 5) is 9.61. The fraction of sp³-hybridized carbons (Fsp3) is 0.333. The van der Waals surface area contributed by atoms with Gasteiger partial charge in [-0.3, -0.25) is 4.98 Å². The first-order chi connectivity index (χ1) is 9.29. The molecule has 0 aliphatic carbocycles. The van der Waals surface area contributed by atoms with E-state index in [0.717, 1.165) is 18.1 Å². The second kappa shape index (κ2) is 7.26. The van der Waals surface area contributed by atoms with Gasteiger partial charge in [-0.05, 0) is 37.1 Å². The minimum absolute atomic E-state index is 0.933. The maximum absolute atomic E-state index is 4.29. The summed E-state index contributed by atoms with van der Waals surface area (Å²) in [5.74, 6) is 0. The molecule has 0 atom stereocenters. The molecule has 0 bridgehead atoms. The number of nitrogens with zero attached hydrogens (tertiary/aromatic N) is 2. The first kappa shape index (κ1) is 14.0. The van der Waals surface area contributed by atoms with Crippen molar-refractivity contribution in [1.29, 1.82) is 0 Å². The van der Waals surface area contributed by atoms with Crippen LogP contribution in [-0.4, -0.2) is 16.5 Å². The molecule has 19 heavy (non-hydrogen) atoms. The van der Waals surface area contributed by atoms with Gasteiger partial charge in [0.25, 0.3) is 0 Å². The topological polar surface area (TPSA) is 37.8 Å². The molecule has 4 heteroatoms. The zero-order valence-electron chi connectivity index (χ0n) is 11.4. The zero-order chi connectivity index (χ0) is 13.5. The molecule has 2 aromatic rings. The van der Waals surface area contributed by atoms with Crippen LogP contribution in [0.3, 0.4) is 0 Å². The fourth-order valence-electron chi connectivity index (χ4n) is 1.80. The molecular weight excluding hydrogens is 254 g/mol. The predicted octanol–water partition coefficient (Wildman–Crippen LogP) is 3.44. The average molecular weight is 273 g/mol. The van der Waals surface area contributed by atoms with Crippen molar-refractivity contribution in [2.24, 2.45) is 0 Å². The van der Waals surface area contributed by atoms with E-state index in [9.17, 15) is 0 Å². The van der Waals surface area contributed by atoms with Crippen molar-refractivity contribution >= 4 is 11.8 Å². The van der Waals surface area contributed by atoms with Gasteiger partial charge in [0.05, 0.1) is 6.20 Å². The third-order valence-electron chi connectivity index (χ3n) is 2.75. The lowest BCUT2D eigenvalue weighted by molar-refractivity contribution is 0.675. The smallest absolute Gasteiger partial charge is 0.119 e. The van der Waals surface area contributed by atoms with Crippen LogP contribution in [0.4, 0.5) is 0 Å². The van der Waals surface area contributed by atoms with E-state index >= 15 is 0 Å². The van der Waals surface area contributed by atoms with Gasteiger partial charge < -0.3 is 5.32 Å². The van der Waals surface area contributed by atoms with Crippen molar-refractivity contribution in [2.75, 3.05) is 6.54 Å². The minimum atomic E-state index is 0.933. The van der Waals surface area contributed by atoms with Gasteiger partial charge in [-0.2, -0.15) is 0 Å². The average Bonchev–Trinajstić information content (AvgIpc) is 2.43. The molecule has 0 unspecified atom stereocenters. The van der Waals surface area contributed by atoms with Crippen molar-refractivity contribution in [1.82, 2.24) is 15.3 Å². The normalized spacial score (nSPS) is 10.6. The quantitative estimate of drug-likeness (QED) is 0.818. The molecule has 0 aliphatic rings. The van der Waals surface area contributed by atoms with E-state index in [-0.39, 0.29) is 0 Å². The van der Waals surface area contributed by atoms with Gasteiger partial charge in [0.1, 0.15) is 5.03 Å². The summed E-state index contributed by atoms with van der Waals surface area (Å²) in [5.41, 5.74) is 2.61. The number of rotatable bonds is 6. The number of aromatic nitrogens is 2. The summed E-state index contributed by atoms with van der Waals surface area (Å²) < 4.78 is 0. The molecule has 0 saturated carbocycles. The highest BCUT2D eigenvalue weighted by Crippen LogP contribution is 2.28. The Morgan fingerprint density at radius 1 is 1.26 bits per heavy atom. The van der Waals surface area contributed by atoms with Gasteiger partial charge in [-0.15, -0.1) is 0 Å². The van der Waals surface area contributed by atoms with Crippen molar-refractivity contribution in [3.8, 4) is 0 Å². The third-order valence-corrected chi connectivity index (χ3v) is 3.85. The van der Waals surface area contributed by atoms with Gasteiger partial charge in [-0.1, -0.05) is 30.8 Å². The SMILES string of the molecule is CCCNCc1ccc(Sc2cnccn2)c(C)c1. The molecule has 0 fully saturated rings. The Bertz CT molecular complexity index is 514. The Morgan fingerprint density at radius 3 is 2.84 bits per heavy atom. The van der Waals surface area contributed by atoms with E-state index in [1.807, 2.05) is 0 Å². The van der Waals surface area contributed by atoms with E-state index in [1.165, 1.54) is 22.4 Å². The first-order valence-electron chi connectivity index (χ1n) is 6.53. The largest absolute Gasteiger partial charge is 0.313 e. The summed E-state index contributed by atoms with van der Waals surface area (Å²) in [6.07, 6.45) is 6.38. The Morgan fingerprint density at radius 2 is 2.16 bits per heavy atom. The highest BCUT2D eigenvalue weighted by molar-refractivity contribution is 7.99. The molecule has 0 amide bonds. The van der Waals surface area contributed by atoms with Gasteiger partial charge in [0, 0.05) is 23.8 Å². The second-order valence-electron chi connectivity index (χ2n) is 4.42.